The lowest BCUT2D eigenvalue weighted by molar-refractivity contribution is 0.00578. The maximum atomic E-state index is 6.57. The molecule has 168 valence electrons. The minimum atomic E-state index is -0.388. The summed E-state index contributed by atoms with van der Waals surface area (Å²) < 4.78 is 13.1. The van der Waals surface area contributed by atoms with Crippen LogP contribution in [0.15, 0.2) is 102 Å². The fourth-order valence-electron chi connectivity index (χ4n) is 5.53. The van der Waals surface area contributed by atoms with Crippen LogP contribution in [0.1, 0.15) is 38.8 Å². The Hall–Kier alpha value is -2.79. The van der Waals surface area contributed by atoms with Crippen LogP contribution in [0.3, 0.4) is 0 Å². The van der Waals surface area contributed by atoms with Crippen molar-refractivity contribution in [3.8, 4) is 0 Å². The maximum Gasteiger partial charge on any atom is 0.495 e. The molecule has 4 heteroatoms. The van der Waals surface area contributed by atoms with Crippen molar-refractivity contribution >= 4 is 27.3 Å². The van der Waals surface area contributed by atoms with Gasteiger partial charge in [0.05, 0.1) is 16.6 Å². The van der Waals surface area contributed by atoms with E-state index in [1.807, 2.05) is 0 Å². The molecular weight excluding hydrogens is 431 g/mol. The predicted octanol–water partition coefficient (Wildman–Crippen LogP) is 4.28. The second-order valence-corrected chi connectivity index (χ2v) is 12.0. The van der Waals surface area contributed by atoms with E-state index in [4.69, 9.17) is 9.31 Å². The maximum absolute atomic E-state index is 6.57. The first-order chi connectivity index (χ1) is 16.3. The molecule has 3 aromatic carbocycles. The van der Waals surface area contributed by atoms with Crippen LogP contribution in [0.2, 0.25) is 0 Å². The van der Waals surface area contributed by atoms with Gasteiger partial charge in [-0.15, -0.1) is 0 Å². The lowest BCUT2D eigenvalue weighted by Gasteiger charge is -2.37. The molecule has 0 spiro atoms. The van der Waals surface area contributed by atoms with Crippen molar-refractivity contribution < 1.29 is 9.31 Å². The average molecular weight is 460 g/mol. The second kappa shape index (κ2) is 7.61. The highest BCUT2D eigenvalue weighted by molar-refractivity contribution is 6.63. The van der Waals surface area contributed by atoms with Gasteiger partial charge in [0.15, 0.2) is 0 Å². The molecule has 0 atom stereocenters. The minimum Gasteiger partial charge on any atom is -0.399 e. The zero-order chi connectivity index (χ0) is 23.6. The quantitative estimate of drug-likeness (QED) is 0.544. The molecule has 0 N–H and O–H groups in total. The first-order valence-electron chi connectivity index (χ1n) is 12.1. The minimum absolute atomic E-state index is 0.00536. The van der Waals surface area contributed by atoms with Crippen LogP contribution in [0.25, 0.3) is 5.57 Å². The number of hydrogen-bond acceptors (Lipinski definition) is 2. The van der Waals surface area contributed by atoms with Gasteiger partial charge in [0.25, 0.3) is 0 Å². The summed E-state index contributed by atoms with van der Waals surface area (Å²) in [6, 6.07) is 28.5. The van der Waals surface area contributed by atoms with E-state index in [-0.39, 0.29) is 32.9 Å². The van der Waals surface area contributed by atoms with Crippen molar-refractivity contribution in [2.45, 2.75) is 44.3 Å². The van der Waals surface area contributed by atoms with E-state index >= 15 is 0 Å². The number of benzene rings is 3. The molecule has 2 nitrogen and oxygen atoms in total. The van der Waals surface area contributed by atoms with Gasteiger partial charge >= 0.3 is 7.12 Å². The molecule has 1 aliphatic carbocycles. The van der Waals surface area contributed by atoms with Crippen LogP contribution in [0.5, 0.6) is 0 Å². The van der Waals surface area contributed by atoms with Gasteiger partial charge in [-0.3, -0.25) is 0 Å². The molecule has 0 aromatic heterocycles. The number of fused-ring (bicyclic) bond motifs is 2. The molecule has 3 aromatic rings. The molecule has 2 aliphatic heterocycles. The van der Waals surface area contributed by atoms with Gasteiger partial charge in [-0.25, -0.2) is 0 Å². The zero-order valence-electron chi connectivity index (χ0n) is 20.2. The Bertz CT molecular complexity index is 1400. The molecule has 34 heavy (non-hydrogen) atoms. The van der Waals surface area contributed by atoms with E-state index < -0.39 is 0 Å². The summed E-state index contributed by atoms with van der Waals surface area (Å²) in [5.74, 6) is 0. The Balaban J connectivity index is 1.70. The summed E-state index contributed by atoms with van der Waals surface area (Å²) in [5, 5.41) is 2.77. The standard InChI is InChI=1S/C30H29BO2Si/c1-28(2)29(3,4)33-31(32-28)23-17-11-18-24-26(23)27-25(34-24)19-12-20-30(27,21-13-7-5-8-14-21)22-15-9-6-10-16-22/h5-20,34H,1-4H3. The largest absolute Gasteiger partial charge is 0.495 e. The Kier molecular flexibility index (Phi) is 4.86. The Morgan fingerprint density at radius 1 is 0.706 bits per heavy atom. The third-order valence-corrected chi connectivity index (χ3v) is 9.54. The van der Waals surface area contributed by atoms with Gasteiger partial charge in [0.1, 0.15) is 0 Å². The van der Waals surface area contributed by atoms with Crippen LogP contribution < -0.4 is 10.7 Å². The van der Waals surface area contributed by atoms with Gasteiger partial charge in [0.2, 0.25) is 0 Å². The zero-order valence-corrected chi connectivity index (χ0v) is 21.4. The number of allylic oxidation sites excluding steroid dienone is 4. The highest BCUT2D eigenvalue weighted by Crippen LogP contribution is 2.46. The number of hydrogen-bond donors (Lipinski definition) is 0. The van der Waals surface area contributed by atoms with Gasteiger partial charge in [-0.2, -0.15) is 0 Å². The van der Waals surface area contributed by atoms with E-state index in [2.05, 4.69) is 125 Å². The molecule has 0 bridgehead atoms. The Morgan fingerprint density at radius 2 is 1.29 bits per heavy atom. The summed E-state index contributed by atoms with van der Waals surface area (Å²) in [5.41, 5.74) is 4.00. The molecule has 3 aliphatic rings. The average Bonchev–Trinajstić information content (AvgIpc) is 3.33. The SMILES string of the molecule is CC1(C)OB(c2cccc3c2=C2C(=CC=CC2(c2ccccc2)c2ccccc2)[SiH]=3)OC1(C)C. The molecule has 1 saturated heterocycles. The highest BCUT2D eigenvalue weighted by atomic mass is 28.2. The van der Waals surface area contributed by atoms with Crippen molar-refractivity contribution in [2.75, 3.05) is 0 Å². The summed E-state index contributed by atoms with van der Waals surface area (Å²) in [6.45, 7) is 8.51. The summed E-state index contributed by atoms with van der Waals surface area (Å²) in [4.78, 5) is 1.42. The van der Waals surface area contributed by atoms with Crippen LogP contribution in [-0.2, 0) is 14.7 Å². The van der Waals surface area contributed by atoms with Crippen LogP contribution in [0, 0.1) is 4.81 Å². The molecular formula is C30H29BO2Si. The van der Waals surface area contributed by atoms with Crippen molar-refractivity contribution in [2.24, 2.45) is 0 Å². The molecule has 2 heterocycles. The monoisotopic (exact) mass is 460 g/mol. The van der Waals surface area contributed by atoms with Gasteiger partial charge in [0, 0.05) is 9.13 Å². The highest BCUT2D eigenvalue weighted by Gasteiger charge is 2.52. The molecule has 6 rings (SSSR count). The summed E-state index contributed by atoms with van der Waals surface area (Å²) >= 11 is 0. The molecule has 1 fully saturated rings. The van der Waals surface area contributed by atoms with Crippen molar-refractivity contribution in [1.82, 2.24) is 0 Å². The Morgan fingerprint density at radius 3 is 1.88 bits per heavy atom. The molecule has 0 unspecified atom stereocenters. The first-order valence-corrected chi connectivity index (χ1v) is 13.2. The number of rotatable bonds is 3. The molecule has 0 amide bonds. The van der Waals surface area contributed by atoms with Crippen LogP contribution >= 0.6 is 0 Å². The topological polar surface area (TPSA) is 18.5 Å². The fraction of sp³-hybridized carbons (Fsp3) is 0.233. The smallest absolute Gasteiger partial charge is 0.399 e. The van der Waals surface area contributed by atoms with Crippen molar-refractivity contribution in [3.05, 3.63) is 123 Å². The van der Waals surface area contributed by atoms with E-state index in [0.29, 0.717) is 0 Å². The van der Waals surface area contributed by atoms with Crippen LogP contribution in [-0.4, -0.2) is 27.5 Å². The van der Waals surface area contributed by atoms with Gasteiger partial charge in [-0.05, 0) is 65.1 Å². The lowest BCUT2D eigenvalue weighted by Crippen LogP contribution is -2.47. The van der Waals surface area contributed by atoms with Crippen LogP contribution in [0.4, 0.5) is 0 Å². The predicted molar refractivity (Wildman–Crippen MR) is 142 cm³/mol. The lowest BCUT2D eigenvalue weighted by atomic mass is 9.65. The van der Waals surface area contributed by atoms with Gasteiger partial charge < -0.3 is 9.31 Å². The second-order valence-electron chi connectivity index (χ2n) is 10.4. The van der Waals surface area contributed by atoms with Crippen molar-refractivity contribution in [3.63, 3.8) is 0 Å². The van der Waals surface area contributed by atoms with E-state index in [1.165, 1.54) is 31.9 Å². The van der Waals surface area contributed by atoms with E-state index in [0.717, 1.165) is 5.46 Å². The first kappa shape index (κ1) is 21.7. The normalized spacial score (nSPS) is 21.0. The molecule has 0 radical (unpaired) electrons. The fourth-order valence-corrected chi connectivity index (χ4v) is 7.26. The van der Waals surface area contributed by atoms with Crippen molar-refractivity contribution in [1.29, 1.82) is 0 Å². The summed E-state index contributed by atoms with van der Waals surface area (Å²) in [7, 11) is -0.393. The Labute approximate surface area is 204 Å². The van der Waals surface area contributed by atoms with E-state index in [9.17, 15) is 0 Å². The summed E-state index contributed by atoms with van der Waals surface area (Å²) in [6.07, 6.45) is 6.96. The third-order valence-electron chi connectivity index (χ3n) is 7.96. The van der Waals surface area contributed by atoms with E-state index in [1.54, 1.807) is 0 Å². The molecule has 0 saturated carbocycles. The third kappa shape index (κ3) is 3.06. The van der Waals surface area contributed by atoms with Gasteiger partial charge in [-0.1, -0.05) is 97.1 Å².